The Morgan fingerprint density at radius 3 is 2.74 bits per heavy atom. The van der Waals surface area contributed by atoms with Gasteiger partial charge in [-0.05, 0) is 50.6 Å². The quantitative estimate of drug-likeness (QED) is 0.522. The van der Waals surface area contributed by atoms with Gasteiger partial charge >= 0.3 is 0 Å². The van der Waals surface area contributed by atoms with Crippen LogP contribution in [0.5, 0.6) is 0 Å². The summed E-state index contributed by atoms with van der Waals surface area (Å²) < 4.78 is 0. The molecule has 164 valence electrons. The zero-order valence-electron chi connectivity index (χ0n) is 17.5. The van der Waals surface area contributed by atoms with E-state index in [0.29, 0.717) is 11.0 Å². The number of nitrogens with one attached hydrogen (secondary N) is 3. The van der Waals surface area contributed by atoms with E-state index in [1.807, 2.05) is 18.2 Å². The first-order chi connectivity index (χ1) is 15.2. The van der Waals surface area contributed by atoms with Crippen LogP contribution < -0.4 is 16.0 Å². The van der Waals surface area contributed by atoms with Crippen molar-refractivity contribution in [2.45, 2.75) is 62.9 Å². The number of piperidine rings is 1. The Bertz CT molecular complexity index is 904. The lowest BCUT2D eigenvalue weighted by atomic mass is 10.0. The fourth-order valence-electron chi connectivity index (χ4n) is 3.67. The van der Waals surface area contributed by atoms with Gasteiger partial charge in [0.2, 0.25) is 16.9 Å². The Kier molecular flexibility index (Phi) is 7.43. The average Bonchev–Trinajstić information content (AvgIpc) is 3.56. The molecule has 1 aliphatic heterocycles. The van der Waals surface area contributed by atoms with E-state index in [2.05, 4.69) is 38.3 Å². The van der Waals surface area contributed by atoms with Crippen molar-refractivity contribution < 1.29 is 9.59 Å². The van der Waals surface area contributed by atoms with Crippen LogP contribution in [-0.2, 0) is 16.0 Å². The molecule has 8 heteroatoms. The minimum atomic E-state index is -0.256. The molecule has 0 radical (unpaired) electrons. The molecule has 2 fully saturated rings. The van der Waals surface area contributed by atoms with E-state index in [1.165, 1.54) is 23.0 Å². The van der Waals surface area contributed by atoms with E-state index in [9.17, 15) is 9.59 Å². The molecule has 4 rings (SSSR count). The largest absolute Gasteiger partial charge is 0.349 e. The van der Waals surface area contributed by atoms with Gasteiger partial charge in [0.05, 0.1) is 6.04 Å². The second-order valence-corrected chi connectivity index (χ2v) is 9.22. The van der Waals surface area contributed by atoms with Crippen LogP contribution in [0.3, 0.4) is 0 Å². The number of nitrogens with zero attached hydrogens (tertiary/aromatic N) is 2. The minimum absolute atomic E-state index is 0.000943. The van der Waals surface area contributed by atoms with Gasteiger partial charge in [-0.25, -0.2) is 0 Å². The molecule has 1 saturated carbocycles. The standard InChI is InChI=1S/C23H29N5O2S/c29-20(26-23-28-27-22(31-23)17-10-11-17)14-13-18(12-9-16-6-2-1-3-7-16)25-21(30)19-8-4-5-15-24-19/h1-3,6-7,13-14,17-19,24H,4-5,8-12,15H2,(H,25,30)(H,26,28,29). The molecule has 1 saturated heterocycles. The summed E-state index contributed by atoms with van der Waals surface area (Å²) in [5.41, 5.74) is 1.21. The zero-order valence-corrected chi connectivity index (χ0v) is 18.4. The third-order valence-corrected chi connectivity index (χ3v) is 6.62. The Morgan fingerprint density at radius 1 is 1.16 bits per heavy atom. The molecule has 1 aliphatic carbocycles. The van der Waals surface area contributed by atoms with Crippen LogP contribution >= 0.6 is 11.3 Å². The summed E-state index contributed by atoms with van der Waals surface area (Å²) in [5.74, 6) is 0.263. The van der Waals surface area contributed by atoms with Crippen LogP contribution in [-0.4, -0.2) is 40.6 Å². The highest BCUT2D eigenvalue weighted by atomic mass is 32.1. The van der Waals surface area contributed by atoms with Gasteiger partial charge in [0.25, 0.3) is 0 Å². The second-order valence-electron chi connectivity index (χ2n) is 8.21. The molecule has 2 heterocycles. The summed E-state index contributed by atoms with van der Waals surface area (Å²) in [6.45, 7) is 0.871. The van der Waals surface area contributed by atoms with Gasteiger partial charge in [0.1, 0.15) is 5.01 Å². The predicted molar refractivity (Wildman–Crippen MR) is 122 cm³/mol. The van der Waals surface area contributed by atoms with Gasteiger partial charge in [0.15, 0.2) is 0 Å². The summed E-state index contributed by atoms with van der Waals surface area (Å²) in [6, 6.07) is 9.78. The molecular weight excluding hydrogens is 410 g/mol. The van der Waals surface area contributed by atoms with Gasteiger partial charge in [0, 0.05) is 18.0 Å². The maximum Gasteiger partial charge on any atom is 0.249 e. The lowest BCUT2D eigenvalue weighted by Crippen LogP contribution is -2.49. The zero-order chi connectivity index (χ0) is 21.5. The monoisotopic (exact) mass is 439 g/mol. The van der Waals surface area contributed by atoms with Crippen LogP contribution in [0.4, 0.5) is 5.13 Å². The molecule has 0 bridgehead atoms. The van der Waals surface area contributed by atoms with Crippen LogP contribution in [0.15, 0.2) is 42.5 Å². The van der Waals surface area contributed by atoms with Crippen LogP contribution in [0.25, 0.3) is 0 Å². The van der Waals surface area contributed by atoms with Crippen molar-refractivity contribution >= 4 is 28.3 Å². The molecule has 2 aromatic rings. The highest BCUT2D eigenvalue weighted by Crippen LogP contribution is 2.42. The number of hydrogen-bond acceptors (Lipinski definition) is 6. The van der Waals surface area contributed by atoms with Crippen LogP contribution in [0, 0.1) is 0 Å². The number of aryl methyl sites for hydroxylation is 1. The van der Waals surface area contributed by atoms with Gasteiger partial charge < -0.3 is 10.6 Å². The maximum absolute atomic E-state index is 12.7. The SMILES string of the molecule is O=C(C=CC(CCc1ccccc1)NC(=O)C1CCCCN1)Nc1nnc(C2CC2)s1. The lowest BCUT2D eigenvalue weighted by Gasteiger charge is -2.25. The third kappa shape index (κ3) is 6.70. The fraction of sp³-hybridized carbons (Fsp3) is 0.478. The van der Waals surface area contributed by atoms with E-state index in [-0.39, 0.29) is 23.9 Å². The number of anilines is 1. The molecule has 2 unspecified atom stereocenters. The number of carbonyl (C=O) groups is 2. The highest BCUT2D eigenvalue weighted by molar-refractivity contribution is 7.15. The van der Waals surface area contributed by atoms with Gasteiger partial charge in [-0.3, -0.25) is 14.9 Å². The van der Waals surface area contributed by atoms with Crippen molar-refractivity contribution in [3.8, 4) is 0 Å². The normalized spacial score (nSPS) is 19.8. The number of rotatable bonds is 9. The van der Waals surface area contributed by atoms with Gasteiger partial charge in [-0.15, -0.1) is 10.2 Å². The minimum Gasteiger partial charge on any atom is -0.349 e. The molecule has 0 spiro atoms. The number of benzene rings is 1. The molecule has 2 atom stereocenters. The topological polar surface area (TPSA) is 96.0 Å². The van der Waals surface area contributed by atoms with Crippen molar-refractivity contribution in [1.29, 1.82) is 0 Å². The first kappa shape index (κ1) is 21.6. The number of carbonyl (C=O) groups excluding carboxylic acids is 2. The van der Waals surface area contributed by atoms with E-state index in [1.54, 1.807) is 6.08 Å². The van der Waals surface area contributed by atoms with Crippen molar-refractivity contribution in [3.05, 3.63) is 53.1 Å². The molecule has 1 aromatic heterocycles. The summed E-state index contributed by atoms with van der Waals surface area (Å²) in [4.78, 5) is 25.1. The number of aromatic nitrogens is 2. The smallest absolute Gasteiger partial charge is 0.249 e. The van der Waals surface area contributed by atoms with Crippen molar-refractivity contribution in [2.75, 3.05) is 11.9 Å². The van der Waals surface area contributed by atoms with Crippen molar-refractivity contribution in [2.24, 2.45) is 0 Å². The Morgan fingerprint density at radius 2 is 2.00 bits per heavy atom. The van der Waals surface area contributed by atoms with E-state index in [0.717, 1.165) is 56.5 Å². The number of hydrogen-bond donors (Lipinski definition) is 3. The molecule has 2 amide bonds. The Labute approximate surface area is 186 Å². The molecule has 3 N–H and O–H groups in total. The summed E-state index contributed by atoms with van der Waals surface area (Å²) in [7, 11) is 0. The fourth-order valence-corrected chi connectivity index (χ4v) is 4.59. The molecule has 2 aliphatic rings. The van der Waals surface area contributed by atoms with E-state index in [4.69, 9.17) is 0 Å². The summed E-state index contributed by atoms with van der Waals surface area (Å²) >= 11 is 1.44. The van der Waals surface area contributed by atoms with Crippen LogP contribution in [0.2, 0.25) is 0 Å². The lowest BCUT2D eigenvalue weighted by molar-refractivity contribution is -0.124. The second kappa shape index (κ2) is 10.6. The summed E-state index contributed by atoms with van der Waals surface area (Å²) in [6.07, 6.45) is 10.1. The first-order valence-electron chi connectivity index (χ1n) is 11.1. The highest BCUT2D eigenvalue weighted by Gasteiger charge is 2.27. The van der Waals surface area contributed by atoms with Crippen molar-refractivity contribution in [3.63, 3.8) is 0 Å². The Balaban J connectivity index is 1.35. The molecule has 1 aromatic carbocycles. The summed E-state index contributed by atoms with van der Waals surface area (Å²) in [5, 5.41) is 18.9. The average molecular weight is 440 g/mol. The third-order valence-electron chi connectivity index (χ3n) is 5.62. The molecule has 7 nitrogen and oxygen atoms in total. The van der Waals surface area contributed by atoms with Crippen LogP contribution in [0.1, 0.15) is 55.0 Å². The van der Waals surface area contributed by atoms with Crippen molar-refractivity contribution in [1.82, 2.24) is 20.8 Å². The van der Waals surface area contributed by atoms with E-state index < -0.39 is 0 Å². The predicted octanol–water partition coefficient (Wildman–Crippen LogP) is 3.17. The molecule has 31 heavy (non-hydrogen) atoms. The van der Waals surface area contributed by atoms with E-state index >= 15 is 0 Å². The molecular formula is C23H29N5O2S. The van der Waals surface area contributed by atoms with Gasteiger partial charge in [-0.1, -0.05) is 54.2 Å². The first-order valence-corrected chi connectivity index (χ1v) is 11.9. The maximum atomic E-state index is 12.7. The number of amides is 2. The Hall–Kier alpha value is -2.58. The van der Waals surface area contributed by atoms with Gasteiger partial charge in [-0.2, -0.15) is 0 Å².